The number of carbonyl (C=O) groups is 1. The lowest BCUT2D eigenvalue weighted by Gasteiger charge is -2.54. The molecular weight excluding hydrogens is 332 g/mol. The molecule has 2 nitrogen and oxygen atoms in total. The van der Waals surface area contributed by atoms with Crippen LogP contribution in [0.3, 0.4) is 0 Å². The maximum atomic E-state index is 12.2. The second-order valence-corrected chi connectivity index (χ2v) is 10.6. The van der Waals surface area contributed by atoms with E-state index in [9.17, 15) is 9.90 Å². The van der Waals surface area contributed by atoms with Crippen LogP contribution in [0.4, 0.5) is 0 Å². The van der Waals surface area contributed by atoms with Crippen LogP contribution in [-0.4, -0.2) is 16.5 Å². The Morgan fingerprint density at radius 2 is 1.93 bits per heavy atom. The summed E-state index contributed by atoms with van der Waals surface area (Å²) in [6.07, 6.45) is 13.6. The summed E-state index contributed by atoms with van der Waals surface area (Å²) in [5, 5.41) is 11.0. The third-order valence-corrected chi connectivity index (χ3v) is 9.08. The van der Waals surface area contributed by atoms with Crippen LogP contribution in [0.1, 0.15) is 78.1 Å². The second kappa shape index (κ2) is 6.21. The fraction of sp³-hybridized carbons (Fsp3) is 0.800. The van der Waals surface area contributed by atoms with Crippen molar-refractivity contribution in [3.05, 3.63) is 11.6 Å². The van der Waals surface area contributed by atoms with Crippen molar-refractivity contribution >= 4 is 5.78 Å². The number of fused-ring (bicyclic) bond motifs is 5. The van der Waals surface area contributed by atoms with E-state index >= 15 is 0 Å². The van der Waals surface area contributed by atoms with E-state index in [0.717, 1.165) is 49.9 Å². The highest BCUT2D eigenvalue weighted by atomic mass is 16.3. The van der Waals surface area contributed by atoms with Gasteiger partial charge in [-0.05, 0) is 93.8 Å². The Labute approximate surface area is 164 Å². The minimum atomic E-state index is -0.770. The van der Waals surface area contributed by atoms with Gasteiger partial charge in [0, 0.05) is 18.3 Å². The van der Waals surface area contributed by atoms with Crippen molar-refractivity contribution in [1.29, 1.82) is 0 Å². The maximum absolute atomic E-state index is 12.2. The quantitative estimate of drug-likeness (QED) is 0.529. The zero-order valence-electron chi connectivity index (χ0n) is 17.0. The molecular formula is C25H34O2. The number of hydrogen-bond donors (Lipinski definition) is 1. The molecule has 1 N–H and O–H groups in total. The molecule has 0 aliphatic heterocycles. The van der Waals surface area contributed by atoms with Crippen LogP contribution >= 0.6 is 0 Å². The lowest BCUT2D eigenvalue weighted by atomic mass is 9.51. The molecule has 0 amide bonds. The minimum absolute atomic E-state index is 0.240. The van der Waals surface area contributed by atoms with Crippen LogP contribution in [0.15, 0.2) is 11.6 Å². The van der Waals surface area contributed by atoms with Crippen LogP contribution in [0.2, 0.25) is 0 Å². The minimum Gasteiger partial charge on any atom is -0.377 e. The predicted molar refractivity (Wildman–Crippen MR) is 107 cm³/mol. The molecule has 0 spiro atoms. The van der Waals surface area contributed by atoms with Gasteiger partial charge in [0.25, 0.3) is 0 Å². The van der Waals surface area contributed by atoms with Crippen LogP contribution in [0.5, 0.6) is 0 Å². The first-order valence-electron chi connectivity index (χ1n) is 11.3. The smallest absolute Gasteiger partial charge is 0.133 e. The average Bonchev–Trinajstić information content (AvgIpc) is 3.39. The van der Waals surface area contributed by atoms with Gasteiger partial charge in [-0.15, -0.1) is 0 Å². The summed E-state index contributed by atoms with van der Waals surface area (Å²) < 4.78 is 0. The third-order valence-electron chi connectivity index (χ3n) is 9.08. The lowest BCUT2D eigenvalue weighted by Crippen LogP contribution is -2.48. The zero-order chi connectivity index (χ0) is 18.8. The van der Waals surface area contributed by atoms with E-state index in [0.29, 0.717) is 23.5 Å². The zero-order valence-corrected chi connectivity index (χ0v) is 17.0. The predicted octanol–water partition coefficient (Wildman–Crippen LogP) is 4.91. The molecule has 0 saturated heterocycles. The summed E-state index contributed by atoms with van der Waals surface area (Å²) in [6, 6.07) is 0. The Morgan fingerprint density at radius 3 is 2.67 bits per heavy atom. The highest BCUT2D eigenvalue weighted by Crippen LogP contribution is 2.63. The first-order valence-corrected chi connectivity index (χ1v) is 11.3. The van der Waals surface area contributed by atoms with E-state index in [4.69, 9.17) is 0 Å². The number of allylic oxidation sites excluding steroid dienone is 1. The van der Waals surface area contributed by atoms with E-state index in [1.165, 1.54) is 37.7 Å². The molecule has 0 unspecified atom stereocenters. The molecule has 0 radical (unpaired) electrons. The first kappa shape index (κ1) is 18.0. The summed E-state index contributed by atoms with van der Waals surface area (Å²) in [6.45, 7) is 4.23. The van der Waals surface area contributed by atoms with Gasteiger partial charge >= 0.3 is 0 Å². The number of ketones is 1. The highest BCUT2D eigenvalue weighted by molar-refractivity contribution is 5.79. The Kier molecular flexibility index (Phi) is 4.14. The Bertz CT molecular complexity index is 735. The molecule has 146 valence electrons. The second-order valence-electron chi connectivity index (χ2n) is 10.6. The monoisotopic (exact) mass is 366 g/mol. The molecule has 0 aromatic carbocycles. The van der Waals surface area contributed by atoms with Crippen LogP contribution in [0, 0.1) is 52.8 Å². The van der Waals surface area contributed by atoms with Crippen LogP contribution in [0.25, 0.3) is 0 Å². The summed E-state index contributed by atoms with van der Waals surface area (Å²) in [7, 11) is 0. The van der Waals surface area contributed by atoms with Crippen molar-refractivity contribution in [2.45, 2.75) is 83.7 Å². The molecule has 0 bridgehead atoms. The number of Topliss-reactive ketones (excluding diaryl/α,β-unsaturated/α-hetero) is 1. The van der Waals surface area contributed by atoms with E-state index < -0.39 is 5.60 Å². The molecule has 0 aromatic heterocycles. The highest BCUT2D eigenvalue weighted by Gasteiger charge is 2.57. The SMILES string of the molecule is CC(=O)[C@H]1CC[C@H]2[C@@H]3CC=C4C[C@@](O)(C#CC5CC5)CC[C@@H]4[C@H]3CC[C@]12C. The van der Waals surface area contributed by atoms with Crippen molar-refractivity contribution in [1.82, 2.24) is 0 Å². The molecule has 5 rings (SSSR count). The molecule has 7 atom stereocenters. The Balaban J connectivity index is 1.36. The summed E-state index contributed by atoms with van der Waals surface area (Å²) >= 11 is 0. The van der Waals surface area contributed by atoms with Crippen molar-refractivity contribution in [3.8, 4) is 11.8 Å². The summed E-state index contributed by atoms with van der Waals surface area (Å²) in [4.78, 5) is 12.2. The van der Waals surface area contributed by atoms with Gasteiger partial charge in [0.2, 0.25) is 0 Å². The molecule has 4 saturated carbocycles. The molecule has 5 aliphatic carbocycles. The number of aliphatic hydroxyl groups is 1. The Hall–Kier alpha value is -1.07. The average molecular weight is 367 g/mol. The van der Waals surface area contributed by atoms with E-state index in [2.05, 4.69) is 24.8 Å². The fourth-order valence-electron chi connectivity index (χ4n) is 7.53. The van der Waals surface area contributed by atoms with Gasteiger partial charge in [0.15, 0.2) is 0 Å². The normalized spacial score (nSPS) is 48.4. The van der Waals surface area contributed by atoms with E-state index in [1.807, 2.05) is 6.92 Å². The van der Waals surface area contributed by atoms with Gasteiger partial charge in [0.05, 0.1) is 0 Å². The van der Waals surface area contributed by atoms with E-state index in [-0.39, 0.29) is 5.41 Å². The van der Waals surface area contributed by atoms with Gasteiger partial charge in [-0.1, -0.05) is 30.4 Å². The number of carbonyl (C=O) groups excluding carboxylic acids is 1. The maximum Gasteiger partial charge on any atom is 0.133 e. The molecule has 4 fully saturated rings. The molecule has 0 heterocycles. The van der Waals surface area contributed by atoms with Gasteiger partial charge in [-0.2, -0.15) is 0 Å². The third kappa shape index (κ3) is 2.93. The summed E-state index contributed by atoms with van der Waals surface area (Å²) in [5.41, 5.74) is 0.970. The molecule has 2 heteroatoms. The molecule has 0 aromatic rings. The van der Waals surface area contributed by atoms with Crippen molar-refractivity contribution in [2.24, 2.45) is 40.9 Å². The van der Waals surface area contributed by atoms with Crippen LogP contribution in [-0.2, 0) is 4.79 Å². The van der Waals surface area contributed by atoms with Gasteiger partial charge in [-0.25, -0.2) is 0 Å². The van der Waals surface area contributed by atoms with Crippen molar-refractivity contribution in [2.75, 3.05) is 0 Å². The summed E-state index contributed by atoms with van der Waals surface area (Å²) in [5.74, 6) is 10.7. The fourth-order valence-corrected chi connectivity index (χ4v) is 7.53. The number of rotatable bonds is 1. The van der Waals surface area contributed by atoms with Crippen molar-refractivity contribution < 1.29 is 9.90 Å². The lowest BCUT2D eigenvalue weighted by molar-refractivity contribution is -0.126. The van der Waals surface area contributed by atoms with Crippen molar-refractivity contribution in [3.63, 3.8) is 0 Å². The van der Waals surface area contributed by atoms with Gasteiger partial charge < -0.3 is 5.11 Å². The standard InChI is InChI=1S/C25H34O2/c1-16(26)22-7-8-23-21-6-5-18-15-25(27,13-9-17-3-4-17)14-11-19(18)20(21)10-12-24(22,23)2/h5,17,19-23,27H,3-4,6-8,10-12,14-15H2,1-2H3/t19-,20+,21+,22+,23-,24+,25+/m0/s1. The topological polar surface area (TPSA) is 37.3 Å². The first-order chi connectivity index (χ1) is 12.9. The largest absolute Gasteiger partial charge is 0.377 e. The number of hydrogen-bond acceptors (Lipinski definition) is 2. The van der Waals surface area contributed by atoms with E-state index in [1.54, 1.807) is 0 Å². The molecule has 5 aliphatic rings. The Morgan fingerprint density at radius 1 is 1.11 bits per heavy atom. The van der Waals surface area contributed by atoms with Gasteiger partial charge in [-0.3, -0.25) is 4.79 Å². The van der Waals surface area contributed by atoms with Gasteiger partial charge in [0.1, 0.15) is 11.4 Å². The van der Waals surface area contributed by atoms with Crippen LogP contribution < -0.4 is 0 Å². The molecule has 27 heavy (non-hydrogen) atoms.